The number of nitrogens with one attached hydrogen (secondary N) is 1. The Hall–Kier alpha value is -2.24. The van der Waals surface area contributed by atoms with Gasteiger partial charge in [-0.15, -0.1) is 0 Å². The first kappa shape index (κ1) is 13.7. The Labute approximate surface area is 123 Å². The summed E-state index contributed by atoms with van der Waals surface area (Å²) in [4.78, 5) is 25.5. The van der Waals surface area contributed by atoms with Crippen LogP contribution in [-0.2, 0) is 4.74 Å². The minimum absolute atomic E-state index is 0.180. The van der Waals surface area contributed by atoms with E-state index >= 15 is 0 Å². The van der Waals surface area contributed by atoms with Crippen LogP contribution in [0.4, 0.5) is 4.79 Å². The van der Waals surface area contributed by atoms with E-state index in [4.69, 9.17) is 9.47 Å². The van der Waals surface area contributed by atoms with E-state index in [0.29, 0.717) is 11.3 Å². The summed E-state index contributed by atoms with van der Waals surface area (Å²) in [6.45, 7) is 6.00. The molecule has 2 amide bonds. The highest BCUT2D eigenvalue weighted by atomic mass is 16.6. The van der Waals surface area contributed by atoms with E-state index in [2.05, 4.69) is 5.32 Å². The Bertz CT molecular complexity index is 600. The molecule has 0 atom stereocenters. The second kappa shape index (κ2) is 4.38. The van der Waals surface area contributed by atoms with E-state index in [-0.39, 0.29) is 19.0 Å². The smallest absolute Gasteiger partial charge is 0.410 e. The van der Waals surface area contributed by atoms with Crippen molar-refractivity contribution in [3.05, 3.63) is 29.8 Å². The van der Waals surface area contributed by atoms with Crippen molar-refractivity contribution in [2.24, 2.45) is 0 Å². The fraction of sp³-hybridized carbons (Fsp3) is 0.467. The maximum absolute atomic E-state index is 12.1. The molecule has 0 bridgehead atoms. The highest BCUT2D eigenvalue weighted by Gasteiger charge is 2.52. The molecule has 2 heterocycles. The fourth-order valence-electron chi connectivity index (χ4n) is 2.42. The minimum atomic E-state index is -0.831. The third-order valence-electron chi connectivity index (χ3n) is 3.32. The molecule has 2 aliphatic heterocycles. The lowest BCUT2D eigenvalue weighted by atomic mass is 10.0. The number of likely N-dealkylation sites (tertiary alicyclic amines) is 1. The number of amides is 2. The lowest BCUT2D eigenvalue weighted by Gasteiger charge is -2.50. The van der Waals surface area contributed by atoms with Crippen molar-refractivity contribution in [1.82, 2.24) is 10.2 Å². The minimum Gasteiger partial charge on any atom is -0.463 e. The second-order valence-electron chi connectivity index (χ2n) is 6.38. The van der Waals surface area contributed by atoms with Crippen LogP contribution in [0.3, 0.4) is 0 Å². The zero-order valence-electron chi connectivity index (χ0n) is 12.3. The average Bonchev–Trinajstić information content (AvgIpc) is 2.33. The summed E-state index contributed by atoms with van der Waals surface area (Å²) in [7, 11) is 0. The number of carbonyl (C=O) groups is 2. The molecular weight excluding hydrogens is 272 g/mol. The van der Waals surface area contributed by atoms with Gasteiger partial charge in [0.15, 0.2) is 0 Å². The number of hydrogen-bond acceptors (Lipinski definition) is 4. The molecule has 3 rings (SSSR count). The molecule has 0 unspecified atom stereocenters. The first-order valence-electron chi connectivity index (χ1n) is 6.87. The van der Waals surface area contributed by atoms with E-state index in [9.17, 15) is 9.59 Å². The van der Waals surface area contributed by atoms with E-state index in [0.717, 1.165) is 0 Å². The molecule has 0 saturated carbocycles. The maximum Gasteiger partial charge on any atom is 0.410 e. The Morgan fingerprint density at radius 2 is 2.00 bits per heavy atom. The Morgan fingerprint density at radius 1 is 1.33 bits per heavy atom. The van der Waals surface area contributed by atoms with Gasteiger partial charge in [-0.2, -0.15) is 0 Å². The topological polar surface area (TPSA) is 67.9 Å². The highest BCUT2D eigenvalue weighted by molar-refractivity contribution is 5.98. The summed E-state index contributed by atoms with van der Waals surface area (Å²) in [6, 6.07) is 7.07. The normalized spacial score (nSPS) is 19.2. The Balaban J connectivity index is 1.69. The van der Waals surface area contributed by atoms with Gasteiger partial charge in [0, 0.05) is 0 Å². The molecule has 6 heteroatoms. The van der Waals surface area contributed by atoms with Gasteiger partial charge in [0.1, 0.15) is 11.4 Å². The monoisotopic (exact) mass is 290 g/mol. The van der Waals surface area contributed by atoms with Gasteiger partial charge in [-0.05, 0) is 32.9 Å². The average molecular weight is 290 g/mol. The fourth-order valence-corrected chi connectivity index (χ4v) is 2.42. The predicted molar refractivity (Wildman–Crippen MR) is 75.1 cm³/mol. The van der Waals surface area contributed by atoms with Crippen LogP contribution >= 0.6 is 0 Å². The molecule has 1 aromatic carbocycles. The number of ether oxygens (including phenoxy) is 2. The number of carbonyl (C=O) groups excluding carboxylic acids is 2. The lowest BCUT2D eigenvalue weighted by molar-refractivity contribution is -0.0992. The van der Waals surface area contributed by atoms with Crippen LogP contribution in [0.5, 0.6) is 5.75 Å². The summed E-state index contributed by atoms with van der Waals surface area (Å²) in [6.07, 6.45) is -0.398. The van der Waals surface area contributed by atoms with Gasteiger partial charge in [-0.3, -0.25) is 9.69 Å². The van der Waals surface area contributed by atoms with Crippen molar-refractivity contribution < 1.29 is 19.1 Å². The van der Waals surface area contributed by atoms with Crippen molar-refractivity contribution in [3.63, 3.8) is 0 Å². The summed E-state index contributed by atoms with van der Waals surface area (Å²) in [5.41, 5.74) is -0.857. The molecule has 1 fully saturated rings. The van der Waals surface area contributed by atoms with Crippen molar-refractivity contribution in [1.29, 1.82) is 0 Å². The first-order chi connectivity index (χ1) is 9.78. The molecule has 1 aromatic rings. The van der Waals surface area contributed by atoms with Crippen molar-refractivity contribution in [2.75, 3.05) is 13.1 Å². The van der Waals surface area contributed by atoms with Crippen LogP contribution in [0.1, 0.15) is 31.1 Å². The molecule has 1 saturated heterocycles. The largest absolute Gasteiger partial charge is 0.463 e. The summed E-state index contributed by atoms with van der Waals surface area (Å²) in [5.74, 6) is 0.366. The summed E-state index contributed by atoms with van der Waals surface area (Å²) >= 11 is 0. The second-order valence-corrected chi connectivity index (χ2v) is 6.38. The van der Waals surface area contributed by atoms with Crippen molar-refractivity contribution in [2.45, 2.75) is 32.1 Å². The van der Waals surface area contributed by atoms with Gasteiger partial charge in [-0.1, -0.05) is 12.1 Å². The van der Waals surface area contributed by atoms with Crippen LogP contribution < -0.4 is 10.1 Å². The van der Waals surface area contributed by atoms with Crippen LogP contribution in [0, 0.1) is 0 Å². The highest BCUT2D eigenvalue weighted by Crippen LogP contribution is 2.33. The third-order valence-corrected chi connectivity index (χ3v) is 3.32. The Kier molecular flexibility index (Phi) is 2.86. The molecule has 6 nitrogen and oxygen atoms in total. The molecule has 0 radical (unpaired) electrons. The number of rotatable bonds is 0. The van der Waals surface area contributed by atoms with Crippen LogP contribution in [0.15, 0.2) is 24.3 Å². The molecule has 1 spiro atoms. The van der Waals surface area contributed by atoms with Crippen molar-refractivity contribution in [3.8, 4) is 5.75 Å². The molecule has 0 aliphatic carbocycles. The third kappa shape index (κ3) is 2.53. The van der Waals surface area contributed by atoms with E-state index in [1.165, 1.54) is 4.90 Å². The zero-order valence-corrected chi connectivity index (χ0v) is 12.3. The van der Waals surface area contributed by atoms with E-state index in [1.54, 1.807) is 18.2 Å². The summed E-state index contributed by atoms with van der Waals surface area (Å²) in [5, 5.41) is 2.82. The van der Waals surface area contributed by atoms with Gasteiger partial charge in [0.25, 0.3) is 5.91 Å². The van der Waals surface area contributed by atoms with Crippen LogP contribution in [0.2, 0.25) is 0 Å². The standard InChI is InChI=1S/C15H18N2O4/c1-14(2,3)21-13(19)17-8-15(9-17)16-12(18)10-6-4-5-7-11(10)20-15/h4-7H,8-9H2,1-3H3,(H,16,18). The molecule has 21 heavy (non-hydrogen) atoms. The van der Waals surface area contributed by atoms with E-state index in [1.807, 2.05) is 26.8 Å². The van der Waals surface area contributed by atoms with Crippen LogP contribution in [-0.4, -0.2) is 41.3 Å². The molecule has 112 valence electrons. The number of fused-ring (bicyclic) bond motifs is 1. The maximum atomic E-state index is 12.1. The lowest BCUT2D eigenvalue weighted by Crippen LogP contribution is -2.75. The molecule has 0 aromatic heterocycles. The zero-order chi connectivity index (χ0) is 15.3. The number of benzene rings is 1. The Morgan fingerprint density at radius 3 is 2.67 bits per heavy atom. The number of hydrogen-bond donors (Lipinski definition) is 1. The number of para-hydroxylation sites is 1. The van der Waals surface area contributed by atoms with Crippen molar-refractivity contribution >= 4 is 12.0 Å². The van der Waals surface area contributed by atoms with Gasteiger partial charge < -0.3 is 14.8 Å². The van der Waals surface area contributed by atoms with Gasteiger partial charge in [0.05, 0.1) is 18.7 Å². The molecular formula is C15H18N2O4. The van der Waals surface area contributed by atoms with Gasteiger partial charge >= 0.3 is 6.09 Å². The molecule has 1 N–H and O–H groups in total. The molecule has 2 aliphatic rings. The van der Waals surface area contributed by atoms with Crippen LogP contribution in [0.25, 0.3) is 0 Å². The van der Waals surface area contributed by atoms with Gasteiger partial charge in [-0.25, -0.2) is 4.79 Å². The predicted octanol–water partition coefficient (Wildman–Crippen LogP) is 1.76. The number of nitrogens with zero attached hydrogens (tertiary/aromatic N) is 1. The van der Waals surface area contributed by atoms with E-state index < -0.39 is 17.4 Å². The quantitative estimate of drug-likeness (QED) is 0.790. The van der Waals surface area contributed by atoms with Gasteiger partial charge in [0.2, 0.25) is 5.72 Å². The SMILES string of the molecule is CC(C)(C)OC(=O)N1CC2(C1)NC(=O)c1ccccc1O2. The summed E-state index contributed by atoms with van der Waals surface area (Å²) < 4.78 is 11.1. The first-order valence-corrected chi connectivity index (χ1v) is 6.87.